The van der Waals surface area contributed by atoms with Crippen LogP contribution in [0.2, 0.25) is 0 Å². The Kier molecular flexibility index (Phi) is 6.33. The molecule has 0 aliphatic carbocycles. The molecule has 0 bridgehead atoms. The Morgan fingerprint density at radius 3 is 2.60 bits per heavy atom. The molecule has 0 spiro atoms. The Hall–Kier alpha value is -2.19. The lowest BCUT2D eigenvalue weighted by atomic mass is 10.1. The van der Waals surface area contributed by atoms with Gasteiger partial charge in [0.15, 0.2) is 5.82 Å². The smallest absolute Gasteiger partial charge is 0.242 e. The van der Waals surface area contributed by atoms with E-state index in [-0.39, 0.29) is 12.2 Å². The minimum atomic E-state index is -3.15. The zero-order valence-corrected chi connectivity index (χ0v) is 15.3. The number of nitrogens with zero attached hydrogens (tertiary/aromatic N) is 1. The lowest BCUT2D eigenvalue weighted by Crippen LogP contribution is -2.37. The Balaban J connectivity index is 1.97. The van der Waals surface area contributed by atoms with Crippen LogP contribution < -0.4 is 11.1 Å². The van der Waals surface area contributed by atoms with Crippen molar-refractivity contribution in [3.63, 3.8) is 0 Å². The first-order chi connectivity index (χ1) is 11.8. The number of aromatic amines is 1. The molecule has 1 aromatic carbocycles. The molecule has 136 valence electrons. The molecule has 8 heteroatoms. The molecular weight excluding hydrogens is 340 g/mol. The highest BCUT2D eigenvalue weighted by Gasteiger charge is 2.17. The average Bonchev–Trinajstić information content (AvgIpc) is 3.01. The standard InChI is InChI=1S/C17H24N4O3S/c1-3-4-12-5-7-13(8-6-12)15-11-16(21-20-15)19-17(22)14(18)9-10-25(2,23)24/h5-8,11,14H,3-4,9-10,18H2,1-2H3,(H2,19,20,21,22). The van der Waals surface area contributed by atoms with Crippen molar-refractivity contribution in [1.82, 2.24) is 10.2 Å². The number of anilines is 1. The van der Waals surface area contributed by atoms with E-state index in [0.29, 0.717) is 5.82 Å². The number of carbonyl (C=O) groups is 1. The van der Waals surface area contributed by atoms with Crippen LogP contribution in [0, 0.1) is 0 Å². The van der Waals surface area contributed by atoms with Gasteiger partial charge >= 0.3 is 0 Å². The predicted molar refractivity (Wildman–Crippen MR) is 99.0 cm³/mol. The second-order valence-corrected chi connectivity index (χ2v) is 8.39. The summed E-state index contributed by atoms with van der Waals surface area (Å²) in [6, 6.07) is 8.96. The van der Waals surface area contributed by atoms with Crippen LogP contribution in [-0.2, 0) is 21.1 Å². The number of nitrogens with two attached hydrogens (primary N) is 1. The first-order valence-electron chi connectivity index (χ1n) is 8.17. The van der Waals surface area contributed by atoms with Gasteiger partial charge in [-0.2, -0.15) is 5.10 Å². The van der Waals surface area contributed by atoms with Gasteiger partial charge < -0.3 is 11.1 Å². The van der Waals surface area contributed by atoms with E-state index < -0.39 is 21.8 Å². The van der Waals surface area contributed by atoms with Crippen molar-refractivity contribution in [2.24, 2.45) is 5.73 Å². The Labute approximate surface area is 147 Å². The summed E-state index contributed by atoms with van der Waals surface area (Å²) in [5, 5.41) is 9.52. The largest absolute Gasteiger partial charge is 0.320 e. The maximum absolute atomic E-state index is 12.0. The van der Waals surface area contributed by atoms with Crippen molar-refractivity contribution in [2.75, 3.05) is 17.3 Å². The van der Waals surface area contributed by atoms with Gasteiger partial charge in [-0.1, -0.05) is 37.6 Å². The molecule has 0 saturated carbocycles. The first-order valence-corrected chi connectivity index (χ1v) is 10.2. The van der Waals surface area contributed by atoms with Gasteiger partial charge in [0.25, 0.3) is 0 Å². The molecule has 1 amide bonds. The Morgan fingerprint density at radius 1 is 1.32 bits per heavy atom. The van der Waals surface area contributed by atoms with Crippen LogP contribution in [0.3, 0.4) is 0 Å². The summed E-state index contributed by atoms with van der Waals surface area (Å²) in [4.78, 5) is 12.0. The van der Waals surface area contributed by atoms with Crippen molar-refractivity contribution in [1.29, 1.82) is 0 Å². The predicted octanol–water partition coefficient (Wildman–Crippen LogP) is 1.73. The first kappa shape index (κ1) is 19.1. The number of hydrogen-bond acceptors (Lipinski definition) is 5. The molecule has 4 N–H and O–H groups in total. The van der Waals surface area contributed by atoms with Crippen molar-refractivity contribution < 1.29 is 13.2 Å². The summed E-state index contributed by atoms with van der Waals surface area (Å²) < 4.78 is 22.3. The van der Waals surface area contributed by atoms with E-state index in [9.17, 15) is 13.2 Å². The van der Waals surface area contributed by atoms with Gasteiger partial charge in [0, 0.05) is 12.3 Å². The van der Waals surface area contributed by atoms with E-state index >= 15 is 0 Å². The second-order valence-electron chi connectivity index (χ2n) is 6.13. The van der Waals surface area contributed by atoms with Gasteiger partial charge in [-0.05, 0) is 24.0 Å². The lowest BCUT2D eigenvalue weighted by Gasteiger charge is -2.09. The Bertz CT molecular complexity index is 813. The molecule has 0 fully saturated rings. The normalized spacial score (nSPS) is 12.8. The number of rotatable bonds is 8. The van der Waals surface area contributed by atoms with Crippen molar-refractivity contribution in [3.05, 3.63) is 35.9 Å². The third kappa shape index (κ3) is 5.99. The fraction of sp³-hybridized carbons (Fsp3) is 0.412. The van der Waals surface area contributed by atoms with Crippen LogP contribution in [0.25, 0.3) is 11.3 Å². The van der Waals surface area contributed by atoms with E-state index in [0.717, 1.165) is 30.4 Å². The second kappa shape index (κ2) is 8.26. The number of nitrogens with one attached hydrogen (secondary N) is 2. The van der Waals surface area contributed by atoms with Crippen LogP contribution in [0.5, 0.6) is 0 Å². The van der Waals surface area contributed by atoms with Gasteiger partial charge in [0.2, 0.25) is 5.91 Å². The van der Waals surface area contributed by atoms with Crippen LogP contribution in [-0.4, -0.2) is 42.6 Å². The fourth-order valence-electron chi connectivity index (χ4n) is 2.36. The summed E-state index contributed by atoms with van der Waals surface area (Å²) in [6.07, 6.45) is 3.32. The van der Waals surface area contributed by atoms with E-state index in [2.05, 4.69) is 34.6 Å². The molecule has 7 nitrogen and oxygen atoms in total. The SMILES string of the molecule is CCCc1ccc(-c2cc(NC(=O)C(N)CCS(C)(=O)=O)n[nH]2)cc1. The van der Waals surface area contributed by atoms with Gasteiger partial charge in [-0.3, -0.25) is 9.89 Å². The van der Waals surface area contributed by atoms with Crippen LogP contribution >= 0.6 is 0 Å². The van der Waals surface area contributed by atoms with Crippen LogP contribution in [0.1, 0.15) is 25.3 Å². The molecule has 1 aromatic heterocycles. The van der Waals surface area contributed by atoms with Gasteiger partial charge in [0.05, 0.1) is 17.5 Å². The van der Waals surface area contributed by atoms with Crippen molar-refractivity contribution >= 4 is 21.6 Å². The third-order valence-corrected chi connectivity index (χ3v) is 4.75. The number of hydrogen-bond donors (Lipinski definition) is 3. The number of aryl methyl sites for hydroxylation is 1. The fourth-order valence-corrected chi connectivity index (χ4v) is 3.05. The number of amides is 1. The lowest BCUT2D eigenvalue weighted by molar-refractivity contribution is -0.117. The third-order valence-electron chi connectivity index (χ3n) is 3.77. The summed E-state index contributed by atoms with van der Waals surface area (Å²) in [5.41, 5.74) is 8.74. The highest BCUT2D eigenvalue weighted by atomic mass is 32.2. The number of carbonyl (C=O) groups excluding carboxylic acids is 1. The molecule has 2 rings (SSSR count). The quantitative estimate of drug-likeness (QED) is 0.659. The minimum Gasteiger partial charge on any atom is -0.320 e. The number of sulfone groups is 1. The molecule has 0 radical (unpaired) electrons. The average molecular weight is 364 g/mol. The topological polar surface area (TPSA) is 118 Å². The van der Waals surface area contributed by atoms with Crippen LogP contribution in [0.4, 0.5) is 5.82 Å². The number of benzene rings is 1. The van der Waals surface area contributed by atoms with Crippen molar-refractivity contribution in [2.45, 2.75) is 32.2 Å². The van der Waals surface area contributed by atoms with Crippen molar-refractivity contribution in [3.8, 4) is 11.3 Å². The number of aromatic nitrogens is 2. The molecule has 25 heavy (non-hydrogen) atoms. The van der Waals surface area contributed by atoms with Gasteiger partial charge in [0.1, 0.15) is 9.84 Å². The highest BCUT2D eigenvalue weighted by molar-refractivity contribution is 7.90. The molecule has 0 saturated heterocycles. The zero-order valence-electron chi connectivity index (χ0n) is 14.5. The van der Waals surface area contributed by atoms with E-state index in [1.54, 1.807) is 6.07 Å². The molecule has 2 aromatic rings. The monoisotopic (exact) mass is 364 g/mol. The summed E-state index contributed by atoms with van der Waals surface area (Å²) in [6.45, 7) is 2.14. The number of H-pyrrole nitrogens is 1. The molecule has 1 heterocycles. The molecule has 1 atom stereocenters. The zero-order chi connectivity index (χ0) is 18.4. The van der Waals surface area contributed by atoms with E-state index in [4.69, 9.17) is 5.73 Å². The van der Waals surface area contributed by atoms with Gasteiger partial charge in [-0.25, -0.2) is 8.42 Å². The maximum atomic E-state index is 12.0. The summed E-state index contributed by atoms with van der Waals surface area (Å²) >= 11 is 0. The molecular formula is C17H24N4O3S. The molecule has 0 aliphatic heterocycles. The maximum Gasteiger partial charge on any atom is 0.242 e. The Morgan fingerprint density at radius 2 is 2.00 bits per heavy atom. The summed E-state index contributed by atoms with van der Waals surface area (Å²) in [5.74, 6) is -0.232. The molecule has 1 unspecified atom stereocenters. The van der Waals surface area contributed by atoms with E-state index in [1.807, 2.05) is 12.1 Å². The highest BCUT2D eigenvalue weighted by Crippen LogP contribution is 2.20. The van der Waals surface area contributed by atoms with Crippen LogP contribution in [0.15, 0.2) is 30.3 Å². The van der Waals surface area contributed by atoms with E-state index in [1.165, 1.54) is 5.56 Å². The molecule has 0 aliphatic rings. The minimum absolute atomic E-state index is 0.0703. The summed E-state index contributed by atoms with van der Waals surface area (Å²) in [7, 11) is -3.15. The van der Waals surface area contributed by atoms with Gasteiger partial charge in [-0.15, -0.1) is 0 Å².